The van der Waals surface area contributed by atoms with Crippen molar-refractivity contribution in [3.8, 4) is 6.07 Å². The number of benzene rings is 2. The van der Waals surface area contributed by atoms with Crippen molar-refractivity contribution in [3.63, 3.8) is 0 Å². The lowest BCUT2D eigenvalue weighted by atomic mass is 10.0. The predicted octanol–water partition coefficient (Wildman–Crippen LogP) is 2.25. The standard InChI is InChI=1S/C20H21N3O2/c21-14-17-8-4-5-9-18(17)15-22-19(16-6-2-1-3-7-16)20(24)23-10-12-25-13-11-23/h1-9,19,22H,10-13,15H2/t19-/m1/s1. The zero-order valence-corrected chi connectivity index (χ0v) is 14.0. The number of nitrogens with one attached hydrogen (secondary N) is 1. The van der Waals surface area contributed by atoms with Crippen molar-refractivity contribution in [2.24, 2.45) is 0 Å². The number of carbonyl (C=O) groups is 1. The van der Waals surface area contributed by atoms with Gasteiger partial charge in [0.25, 0.3) is 0 Å². The number of hydrogen-bond donors (Lipinski definition) is 1. The molecule has 25 heavy (non-hydrogen) atoms. The summed E-state index contributed by atoms with van der Waals surface area (Å²) in [6.45, 7) is 2.83. The van der Waals surface area contributed by atoms with Crippen LogP contribution in [0, 0.1) is 11.3 Å². The van der Waals surface area contributed by atoms with Crippen LogP contribution in [0.5, 0.6) is 0 Å². The lowest BCUT2D eigenvalue weighted by Gasteiger charge is -2.31. The monoisotopic (exact) mass is 335 g/mol. The van der Waals surface area contributed by atoms with Crippen LogP contribution < -0.4 is 5.32 Å². The van der Waals surface area contributed by atoms with Crippen molar-refractivity contribution in [2.75, 3.05) is 26.3 Å². The molecule has 1 aliphatic heterocycles. The molecule has 5 nitrogen and oxygen atoms in total. The Bertz CT molecular complexity index is 749. The van der Waals surface area contributed by atoms with Crippen molar-refractivity contribution in [1.82, 2.24) is 10.2 Å². The second-order valence-corrected chi connectivity index (χ2v) is 5.93. The van der Waals surface area contributed by atoms with Crippen LogP contribution in [0.2, 0.25) is 0 Å². The van der Waals surface area contributed by atoms with E-state index >= 15 is 0 Å². The van der Waals surface area contributed by atoms with Crippen molar-refractivity contribution < 1.29 is 9.53 Å². The van der Waals surface area contributed by atoms with Crippen molar-refractivity contribution in [1.29, 1.82) is 5.26 Å². The smallest absolute Gasteiger partial charge is 0.244 e. The first kappa shape index (κ1) is 17.2. The average Bonchev–Trinajstić information content (AvgIpc) is 2.70. The molecular formula is C20H21N3O2. The van der Waals surface area contributed by atoms with Gasteiger partial charge in [-0.15, -0.1) is 0 Å². The number of nitriles is 1. The predicted molar refractivity (Wildman–Crippen MR) is 94.6 cm³/mol. The Morgan fingerprint density at radius 1 is 1.12 bits per heavy atom. The zero-order chi connectivity index (χ0) is 17.5. The molecule has 128 valence electrons. The van der Waals surface area contributed by atoms with Gasteiger partial charge in [0.2, 0.25) is 5.91 Å². The van der Waals surface area contributed by atoms with Crippen molar-refractivity contribution >= 4 is 5.91 Å². The first-order valence-electron chi connectivity index (χ1n) is 8.42. The Kier molecular flexibility index (Phi) is 5.78. The van der Waals surface area contributed by atoms with Gasteiger partial charge in [0.1, 0.15) is 6.04 Å². The highest BCUT2D eigenvalue weighted by atomic mass is 16.5. The lowest BCUT2D eigenvalue weighted by molar-refractivity contribution is -0.137. The second-order valence-electron chi connectivity index (χ2n) is 5.93. The molecule has 1 fully saturated rings. The van der Waals surface area contributed by atoms with Crippen LogP contribution >= 0.6 is 0 Å². The Morgan fingerprint density at radius 3 is 2.52 bits per heavy atom. The van der Waals surface area contributed by atoms with Crippen molar-refractivity contribution in [2.45, 2.75) is 12.6 Å². The molecule has 0 bridgehead atoms. The van der Waals surface area contributed by atoms with Gasteiger partial charge >= 0.3 is 0 Å². The van der Waals surface area contributed by atoms with Crippen molar-refractivity contribution in [3.05, 3.63) is 71.3 Å². The minimum Gasteiger partial charge on any atom is -0.378 e. The molecule has 1 saturated heterocycles. The van der Waals surface area contributed by atoms with Gasteiger partial charge in [-0.3, -0.25) is 10.1 Å². The Morgan fingerprint density at radius 2 is 1.80 bits per heavy atom. The van der Waals surface area contributed by atoms with Gasteiger partial charge in [0.05, 0.1) is 24.8 Å². The number of ether oxygens (including phenoxy) is 1. The summed E-state index contributed by atoms with van der Waals surface area (Å²) in [5, 5.41) is 12.6. The van der Waals surface area contributed by atoms with Crippen LogP contribution in [-0.2, 0) is 16.1 Å². The van der Waals surface area contributed by atoms with Crippen LogP contribution in [0.15, 0.2) is 54.6 Å². The molecule has 1 heterocycles. The molecule has 0 radical (unpaired) electrons. The third-order valence-electron chi connectivity index (χ3n) is 4.34. The van der Waals surface area contributed by atoms with Gasteiger partial charge in [-0.25, -0.2) is 0 Å². The van der Waals surface area contributed by atoms with Gasteiger partial charge in [-0.05, 0) is 17.2 Å². The fourth-order valence-electron chi connectivity index (χ4n) is 2.96. The van der Waals surface area contributed by atoms with E-state index in [0.29, 0.717) is 38.4 Å². The first-order valence-corrected chi connectivity index (χ1v) is 8.42. The number of carbonyl (C=O) groups excluding carboxylic acids is 1. The Hall–Kier alpha value is -2.68. The molecule has 0 aliphatic carbocycles. The van der Waals surface area contributed by atoms with Crippen LogP contribution in [0.25, 0.3) is 0 Å². The highest BCUT2D eigenvalue weighted by Gasteiger charge is 2.26. The molecule has 2 aromatic rings. The Balaban J connectivity index is 1.79. The first-order chi connectivity index (χ1) is 12.3. The average molecular weight is 335 g/mol. The van der Waals surface area contributed by atoms with E-state index in [1.807, 2.05) is 53.4 Å². The molecule has 3 rings (SSSR count). The number of morpholine rings is 1. The minimum absolute atomic E-state index is 0.0453. The summed E-state index contributed by atoms with van der Waals surface area (Å²) in [5.74, 6) is 0.0453. The van der Waals surface area contributed by atoms with E-state index in [2.05, 4.69) is 11.4 Å². The van der Waals surface area contributed by atoms with E-state index in [4.69, 9.17) is 4.74 Å². The summed E-state index contributed by atoms with van der Waals surface area (Å²) in [6.07, 6.45) is 0. The summed E-state index contributed by atoms with van der Waals surface area (Å²) in [7, 11) is 0. The van der Waals surface area contributed by atoms with Crippen LogP contribution in [0.1, 0.15) is 22.7 Å². The van der Waals surface area contributed by atoms with Gasteiger partial charge in [0.15, 0.2) is 0 Å². The van der Waals surface area contributed by atoms with Crippen LogP contribution in [0.4, 0.5) is 0 Å². The van der Waals surface area contributed by atoms with E-state index in [9.17, 15) is 10.1 Å². The summed E-state index contributed by atoms with van der Waals surface area (Å²) in [6, 6.07) is 18.9. The Labute approximate surface area is 147 Å². The van der Waals surface area contributed by atoms with Gasteiger partial charge < -0.3 is 9.64 Å². The normalized spacial score (nSPS) is 15.4. The maximum atomic E-state index is 13.0. The fourth-order valence-corrected chi connectivity index (χ4v) is 2.96. The molecule has 0 saturated carbocycles. The number of nitrogens with zero attached hydrogens (tertiary/aromatic N) is 2. The number of hydrogen-bond acceptors (Lipinski definition) is 4. The molecule has 2 aromatic carbocycles. The molecule has 0 unspecified atom stereocenters. The number of amides is 1. The summed E-state index contributed by atoms with van der Waals surface area (Å²) in [4.78, 5) is 14.9. The SMILES string of the molecule is N#Cc1ccccc1CN[C@@H](C(=O)N1CCOCC1)c1ccccc1. The van der Waals surface area contributed by atoms with E-state index in [1.54, 1.807) is 6.07 Å². The van der Waals surface area contributed by atoms with Gasteiger partial charge in [-0.1, -0.05) is 48.5 Å². The van der Waals surface area contributed by atoms with Crippen LogP contribution in [-0.4, -0.2) is 37.1 Å². The van der Waals surface area contributed by atoms with E-state index in [-0.39, 0.29) is 5.91 Å². The highest BCUT2D eigenvalue weighted by molar-refractivity contribution is 5.83. The molecule has 1 N–H and O–H groups in total. The largest absolute Gasteiger partial charge is 0.378 e. The van der Waals surface area contributed by atoms with Gasteiger partial charge in [-0.2, -0.15) is 5.26 Å². The van der Waals surface area contributed by atoms with E-state index in [0.717, 1.165) is 11.1 Å². The fraction of sp³-hybridized carbons (Fsp3) is 0.300. The zero-order valence-electron chi connectivity index (χ0n) is 14.0. The third kappa shape index (κ3) is 4.24. The molecule has 1 aliphatic rings. The van der Waals surface area contributed by atoms with E-state index in [1.165, 1.54) is 0 Å². The second kappa shape index (κ2) is 8.43. The third-order valence-corrected chi connectivity index (χ3v) is 4.34. The molecule has 0 spiro atoms. The topological polar surface area (TPSA) is 65.4 Å². The molecule has 1 atom stereocenters. The van der Waals surface area contributed by atoms with Crippen LogP contribution in [0.3, 0.4) is 0 Å². The maximum Gasteiger partial charge on any atom is 0.244 e. The lowest BCUT2D eigenvalue weighted by Crippen LogP contribution is -2.46. The minimum atomic E-state index is -0.439. The maximum absolute atomic E-state index is 13.0. The van der Waals surface area contributed by atoms with E-state index < -0.39 is 6.04 Å². The summed E-state index contributed by atoms with van der Waals surface area (Å²) < 4.78 is 5.34. The summed E-state index contributed by atoms with van der Waals surface area (Å²) in [5.41, 5.74) is 2.44. The van der Waals surface area contributed by atoms with Gasteiger partial charge in [0, 0.05) is 19.6 Å². The molecule has 0 aromatic heterocycles. The quantitative estimate of drug-likeness (QED) is 0.910. The highest BCUT2D eigenvalue weighted by Crippen LogP contribution is 2.18. The number of rotatable bonds is 5. The molecular weight excluding hydrogens is 314 g/mol. The molecule has 1 amide bonds. The molecule has 5 heteroatoms. The summed E-state index contributed by atoms with van der Waals surface area (Å²) >= 11 is 0.